The summed E-state index contributed by atoms with van der Waals surface area (Å²) < 4.78 is 17.7. The van der Waals surface area contributed by atoms with Crippen molar-refractivity contribution in [3.63, 3.8) is 0 Å². The number of hydrogen-bond donors (Lipinski definition) is 1. The van der Waals surface area contributed by atoms with Crippen LogP contribution in [-0.4, -0.2) is 15.9 Å². The van der Waals surface area contributed by atoms with E-state index in [1.807, 2.05) is 85.8 Å². The highest BCUT2D eigenvalue weighted by Crippen LogP contribution is 2.29. The van der Waals surface area contributed by atoms with Crippen LogP contribution in [0.15, 0.2) is 95.5 Å². The number of carbonyl (C=O) groups excluding carboxylic acids is 1. The van der Waals surface area contributed by atoms with Crippen molar-refractivity contribution < 1.29 is 18.7 Å². The van der Waals surface area contributed by atoms with Gasteiger partial charge in [0.15, 0.2) is 5.58 Å². The fraction of sp³-hybridized carbons (Fsp3) is 0.138. The third kappa shape index (κ3) is 5.52. The minimum atomic E-state index is -0.118. The van der Waals surface area contributed by atoms with E-state index in [1.54, 1.807) is 12.3 Å². The molecular formula is C29H25N3O4. The lowest BCUT2D eigenvalue weighted by Gasteiger charge is -2.12. The van der Waals surface area contributed by atoms with E-state index in [0.717, 1.165) is 16.7 Å². The molecule has 1 unspecified atom stereocenters. The van der Waals surface area contributed by atoms with Crippen LogP contribution in [0.2, 0.25) is 0 Å². The first-order chi connectivity index (χ1) is 17.5. The Balaban J connectivity index is 1.26. The van der Waals surface area contributed by atoms with Crippen molar-refractivity contribution in [2.24, 2.45) is 0 Å². The summed E-state index contributed by atoms with van der Waals surface area (Å²) >= 11 is 0. The van der Waals surface area contributed by atoms with Crippen LogP contribution < -0.4 is 14.8 Å². The summed E-state index contributed by atoms with van der Waals surface area (Å²) in [6, 6.07) is 26.6. The van der Waals surface area contributed by atoms with E-state index in [1.165, 1.54) is 6.92 Å². The Labute approximate surface area is 208 Å². The van der Waals surface area contributed by atoms with Crippen LogP contribution in [0, 0.1) is 0 Å². The number of aromatic nitrogens is 2. The molecule has 0 aliphatic rings. The number of benzene rings is 3. The number of nitrogens with one attached hydrogen (secondary N) is 1. The van der Waals surface area contributed by atoms with Gasteiger partial charge in [-0.25, -0.2) is 9.97 Å². The van der Waals surface area contributed by atoms with Crippen LogP contribution in [0.25, 0.3) is 22.6 Å². The topological polar surface area (TPSA) is 86.5 Å². The Hall–Kier alpha value is -4.65. The molecule has 7 nitrogen and oxygen atoms in total. The first kappa shape index (κ1) is 23.1. The Morgan fingerprint density at radius 1 is 0.972 bits per heavy atom. The second-order valence-electron chi connectivity index (χ2n) is 8.40. The van der Waals surface area contributed by atoms with E-state index in [4.69, 9.17) is 13.9 Å². The zero-order chi connectivity index (χ0) is 24.9. The lowest BCUT2D eigenvalue weighted by atomic mass is 10.1. The predicted octanol–water partition coefficient (Wildman–Crippen LogP) is 6.46. The number of nitrogens with zero attached hydrogens (tertiary/aromatic N) is 2. The van der Waals surface area contributed by atoms with E-state index in [2.05, 4.69) is 15.3 Å². The molecule has 0 aliphatic heterocycles. The minimum Gasteiger partial charge on any atom is -0.489 e. The zero-order valence-electron chi connectivity index (χ0n) is 20.0. The van der Waals surface area contributed by atoms with Gasteiger partial charge < -0.3 is 19.2 Å². The van der Waals surface area contributed by atoms with E-state index < -0.39 is 0 Å². The fourth-order valence-electron chi connectivity index (χ4n) is 3.78. The average Bonchev–Trinajstić information content (AvgIpc) is 3.32. The van der Waals surface area contributed by atoms with Gasteiger partial charge in [0.2, 0.25) is 17.7 Å². The van der Waals surface area contributed by atoms with Crippen molar-refractivity contribution in [2.45, 2.75) is 26.5 Å². The van der Waals surface area contributed by atoms with Gasteiger partial charge in [-0.15, -0.1) is 0 Å². The molecule has 0 aliphatic carbocycles. The fourth-order valence-corrected chi connectivity index (χ4v) is 3.78. The molecule has 5 aromatic rings. The number of pyridine rings is 1. The summed E-state index contributed by atoms with van der Waals surface area (Å²) in [4.78, 5) is 20.4. The molecule has 1 amide bonds. The third-order valence-electron chi connectivity index (χ3n) is 5.59. The van der Waals surface area contributed by atoms with Crippen molar-refractivity contribution in [1.82, 2.24) is 15.3 Å². The first-order valence-corrected chi connectivity index (χ1v) is 11.6. The Morgan fingerprint density at radius 3 is 2.58 bits per heavy atom. The molecule has 36 heavy (non-hydrogen) atoms. The van der Waals surface area contributed by atoms with E-state index in [0.29, 0.717) is 41.0 Å². The number of hydrogen-bond acceptors (Lipinski definition) is 6. The summed E-state index contributed by atoms with van der Waals surface area (Å²) in [6.07, 6.45) is 1.66. The van der Waals surface area contributed by atoms with Gasteiger partial charge in [-0.05, 0) is 48.4 Å². The third-order valence-corrected chi connectivity index (χ3v) is 5.59. The van der Waals surface area contributed by atoms with Gasteiger partial charge in [0.1, 0.15) is 23.6 Å². The summed E-state index contributed by atoms with van der Waals surface area (Å²) in [7, 11) is 0. The van der Waals surface area contributed by atoms with Gasteiger partial charge in [0, 0.05) is 25.3 Å². The van der Waals surface area contributed by atoms with Gasteiger partial charge in [0.25, 0.3) is 0 Å². The number of ether oxygens (including phenoxy) is 2. The molecule has 0 fully saturated rings. The quantitative estimate of drug-likeness (QED) is 0.275. The van der Waals surface area contributed by atoms with Gasteiger partial charge in [-0.1, -0.05) is 42.5 Å². The molecular weight excluding hydrogens is 454 g/mol. The highest BCUT2D eigenvalue weighted by Gasteiger charge is 2.13. The molecule has 5 rings (SSSR count). The normalized spacial score (nSPS) is 11.7. The molecule has 0 radical (unpaired) electrons. The van der Waals surface area contributed by atoms with E-state index >= 15 is 0 Å². The van der Waals surface area contributed by atoms with Crippen LogP contribution >= 0.6 is 0 Å². The minimum absolute atomic E-state index is 0.0803. The number of carbonyl (C=O) groups is 1. The maximum Gasteiger partial charge on any atom is 0.228 e. The van der Waals surface area contributed by atoms with Crippen molar-refractivity contribution in [1.29, 1.82) is 0 Å². The maximum absolute atomic E-state index is 11.4. The van der Waals surface area contributed by atoms with Gasteiger partial charge in [-0.2, -0.15) is 0 Å². The smallest absolute Gasteiger partial charge is 0.228 e. The van der Waals surface area contributed by atoms with Crippen molar-refractivity contribution in [3.8, 4) is 28.8 Å². The van der Waals surface area contributed by atoms with Crippen LogP contribution in [0.3, 0.4) is 0 Å². The van der Waals surface area contributed by atoms with Gasteiger partial charge in [-0.3, -0.25) is 4.79 Å². The first-order valence-electron chi connectivity index (χ1n) is 11.6. The summed E-state index contributed by atoms with van der Waals surface area (Å²) in [5, 5.41) is 2.88. The monoisotopic (exact) mass is 479 g/mol. The number of amides is 1. The van der Waals surface area contributed by atoms with Crippen molar-refractivity contribution in [2.75, 3.05) is 0 Å². The Bertz CT molecular complexity index is 1480. The Kier molecular flexibility index (Phi) is 6.62. The number of fused-ring (bicyclic) bond motifs is 1. The van der Waals surface area contributed by atoms with Crippen LogP contribution in [0.4, 0.5) is 0 Å². The molecule has 7 heteroatoms. The van der Waals surface area contributed by atoms with E-state index in [-0.39, 0.29) is 11.9 Å². The van der Waals surface area contributed by atoms with Crippen molar-refractivity contribution in [3.05, 3.63) is 102 Å². The van der Waals surface area contributed by atoms with Crippen molar-refractivity contribution >= 4 is 17.0 Å². The van der Waals surface area contributed by atoms with Gasteiger partial charge in [0.05, 0.1) is 11.6 Å². The summed E-state index contributed by atoms with van der Waals surface area (Å²) in [5.41, 5.74) is 4.16. The highest BCUT2D eigenvalue weighted by molar-refractivity contribution is 5.78. The maximum atomic E-state index is 11.4. The summed E-state index contributed by atoms with van der Waals surface area (Å²) in [5.74, 6) is 2.17. The van der Waals surface area contributed by atoms with Crippen LogP contribution in [0.1, 0.15) is 31.0 Å². The largest absolute Gasteiger partial charge is 0.489 e. The van der Waals surface area contributed by atoms with Crippen LogP contribution in [-0.2, 0) is 11.4 Å². The second kappa shape index (κ2) is 10.3. The molecule has 0 saturated heterocycles. The highest BCUT2D eigenvalue weighted by atomic mass is 16.5. The van der Waals surface area contributed by atoms with Gasteiger partial charge >= 0.3 is 0 Å². The molecule has 0 bridgehead atoms. The lowest BCUT2D eigenvalue weighted by Crippen LogP contribution is -2.23. The van der Waals surface area contributed by atoms with E-state index in [9.17, 15) is 4.79 Å². The molecule has 2 heterocycles. The SMILES string of the molecule is CC(=O)NC(C)c1ccc2oc(-c3ccc(Oc4cccc(OCc5ccccc5)c4)nc3)nc2c1. The molecule has 180 valence electrons. The van der Waals surface area contributed by atoms with Crippen LogP contribution in [0.5, 0.6) is 17.4 Å². The molecule has 3 aromatic carbocycles. The zero-order valence-corrected chi connectivity index (χ0v) is 20.0. The second-order valence-corrected chi connectivity index (χ2v) is 8.40. The average molecular weight is 480 g/mol. The lowest BCUT2D eigenvalue weighted by molar-refractivity contribution is -0.119. The molecule has 1 atom stereocenters. The molecule has 2 aromatic heterocycles. The molecule has 0 saturated carbocycles. The number of rotatable bonds is 8. The molecule has 1 N–H and O–H groups in total. The summed E-state index contributed by atoms with van der Waals surface area (Å²) in [6.45, 7) is 3.91. The Morgan fingerprint density at radius 2 is 1.81 bits per heavy atom. The predicted molar refractivity (Wildman–Crippen MR) is 137 cm³/mol. The number of oxazole rings is 1. The standard InChI is InChI=1S/C29H25N3O4/c1-19(31-20(2)33)22-11-13-27-26(15-22)32-29(36-27)23-12-14-28(30-17-23)35-25-10-6-9-24(16-25)34-18-21-7-4-3-5-8-21/h3-17,19H,18H2,1-2H3,(H,31,33). The molecule has 0 spiro atoms.